The van der Waals surface area contributed by atoms with E-state index in [9.17, 15) is 4.39 Å². The fourth-order valence-corrected chi connectivity index (χ4v) is 3.81. The Bertz CT molecular complexity index is 718. The molecular weight excluding hydrogens is 366 g/mol. The third-order valence-corrected chi connectivity index (χ3v) is 5.53. The van der Waals surface area contributed by atoms with Crippen molar-refractivity contribution in [3.8, 4) is 11.5 Å². The second-order valence-electron chi connectivity index (χ2n) is 7.55. The van der Waals surface area contributed by atoms with Crippen LogP contribution in [-0.2, 0) is 12.8 Å². The van der Waals surface area contributed by atoms with E-state index in [1.807, 2.05) is 12.1 Å². The number of aryl methyl sites for hydroxylation is 1. The van der Waals surface area contributed by atoms with Crippen molar-refractivity contribution in [2.45, 2.75) is 19.3 Å². The molecule has 158 valence electrons. The largest absolute Gasteiger partial charge is 0.493 e. The number of hydrogen-bond donors (Lipinski definition) is 0. The predicted octanol–water partition coefficient (Wildman–Crippen LogP) is 3.84. The second-order valence-corrected chi connectivity index (χ2v) is 7.55. The van der Waals surface area contributed by atoms with Crippen molar-refractivity contribution in [2.75, 3.05) is 59.7 Å². The van der Waals surface area contributed by atoms with Crippen LogP contribution < -0.4 is 9.47 Å². The smallest absolute Gasteiger partial charge is 0.161 e. The molecule has 2 aromatic rings. The second kappa shape index (κ2) is 11.8. The number of ether oxygens (including phenoxy) is 2. The van der Waals surface area contributed by atoms with Gasteiger partial charge in [-0.05, 0) is 49.1 Å². The number of benzene rings is 2. The first kappa shape index (κ1) is 21.6. The molecule has 1 saturated heterocycles. The number of alkyl halides is 1. The van der Waals surface area contributed by atoms with E-state index >= 15 is 0 Å². The minimum atomic E-state index is -0.497. The summed E-state index contributed by atoms with van der Waals surface area (Å²) in [4.78, 5) is 5.12. The number of hydrogen-bond acceptors (Lipinski definition) is 4. The van der Waals surface area contributed by atoms with Crippen LogP contribution in [0.2, 0.25) is 0 Å². The highest BCUT2D eigenvalue weighted by molar-refractivity contribution is 5.43. The summed E-state index contributed by atoms with van der Waals surface area (Å²) in [6.07, 6.45) is 3.36. The van der Waals surface area contributed by atoms with Gasteiger partial charge in [0, 0.05) is 32.7 Å². The van der Waals surface area contributed by atoms with Crippen LogP contribution in [0.25, 0.3) is 0 Å². The molecule has 0 radical (unpaired) electrons. The number of methoxy groups -OCH3 is 1. The van der Waals surface area contributed by atoms with Crippen LogP contribution in [0.5, 0.6) is 11.5 Å². The molecule has 1 aliphatic heterocycles. The zero-order valence-corrected chi connectivity index (χ0v) is 17.5. The van der Waals surface area contributed by atoms with Crippen molar-refractivity contribution >= 4 is 0 Å². The molecule has 0 bridgehead atoms. The van der Waals surface area contributed by atoms with E-state index in [0.29, 0.717) is 11.5 Å². The molecular formula is C24H33FN2O2. The summed E-state index contributed by atoms with van der Waals surface area (Å²) in [6.45, 7) is 6.34. The highest BCUT2D eigenvalue weighted by atomic mass is 18.2. The van der Waals surface area contributed by atoms with Crippen molar-refractivity contribution in [1.29, 1.82) is 0 Å². The first-order valence-electron chi connectivity index (χ1n) is 10.6. The molecule has 3 rings (SSSR count). The molecule has 0 aromatic heterocycles. The van der Waals surface area contributed by atoms with E-state index < -0.39 is 6.67 Å². The van der Waals surface area contributed by atoms with Gasteiger partial charge < -0.3 is 19.3 Å². The number of halogens is 1. The van der Waals surface area contributed by atoms with Gasteiger partial charge in [-0.25, -0.2) is 4.39 Å². The maximum atomic E-state index is 12.3. The van der Waals surface area contributed by atoms with Crippen LogP contribution in [-0.4, -0.2) is 69.5 Å². The van der Waals surface area contributed by atoms with E-state index in [4.69, 9.17) is 9.47 Å². The summed E-state index contributed by atoms with van der Waals surface area (Å²) in [7, 11) is 1.62. The van der Waals surface area contributed by atoms with Gasteiger partial charge in [0.15, 0.2) is 11.5 Å². The van der Waals surface area contributed by atoms with Gasteiger partial charge in [-0.3, -0.25) is 0 Å². The Balaban J connectivity index is 1.36. The van der Waals surface area contributed by atoms with Gasteiger partial charge in [0.2, 0.25) is 0 Å². The van der Waals surface area contributed by atoms with Crippen molar-refractivity contribution in [2.24, 2.45) is 0 Å². The maximum absolute atomic E-state index is 12.3. The molecule has 0 N–H and O–H groups in total. The monoisotopic (exact) mass is 399 g/mol. The highest BCUT2D eigenvalue weighted by Crippen LogP contribution is 2.28. The minimum absolute atomic E-state index is 0.0608. The molecule has 4 nitrogen and oxygen atoms in total. The molecule has 1 fully saturated rings. The van der Waals surface area contributed by atoms with Crippen LogP contribution in [0.4, 0.5) is 4.39 Å². The third-order valence-electron chi connectivity index (χ3n) is 5.53. The topological polar surface area (TPSA) is 24.9 Å². The summed E-state index contributed by atoms with van der Waals surface area (Å²) in [5.41, 5.74) is 2.66. The molecule has 0 aliphatic carbocycles. The zero-order chi connectivity index (χ0) is 20.3. The van der Waals surface area contributed by atoms with Crippen LogP contribution in [0.3, 0.4) is 0 Å². The molecule has 0 spiro atoms. The fourth-order valence-electron chi connectivity index (χ4n) is 3.81. The molecule has 0 unspecified atom stereocenters. The van der Waals surface area contributed by atoms with E-state index in [1.165, 1.54) is 24.1 Å². The molecule has 0 amide bonds. The van der Waals surface area contributed by atoms with Crippen LogP contribution in [0.1, 0.15) is 17.5 Å². The summed E-state index contributed by atoms with van der Waals surface area (Å²) in [5.74, 6) is 1.29. The molecule has 0 saturated carbocycles. The first-order valence-corrected chi connectivity index (χ1v) is 10.6. The predicted molar refractivity (Wildman–Crippen MR) is 116 cm³/mol. The number of nitrogens with zero attached hydrogens (tertiary/aromatic N) is 2. The lowest BCUT2D eigenvalue weighted by molar-refractivity contribution is 0.132. The molecule has 1 heterocycles. The van der Waals surface area contributed by atoms with E-state index in [-0.39, 0.29) is 6.61 Å². The summed E-state index contributed by atoms with van der Waals surface area (Å²) in [6, 6.07) is 16.7. The standard InChI is InChI=1S/C24H33FN2O2/c1-28-24-20-22(9-10-23(24)29-19-12-25)11-14-27-17-15-26(16-18-27)13-5-8-21-6-3-2-4-7-21/h2-4,6-7,9-10,20H,5,8,11-19H2,1H3/i25-1. The quantitative estimate of drug-likeness (QED) is 0.573. The van der Waals surface area contributed by atoms with E-state index in [0.717, 1.165) is 45.6 Å². The Morgan fingerprint density at radius 2 is 1.55 bits per heavy atom. The molecule has 2 aromatic carbocycles. The summed E-state index contributed by atoms with van der Waals surface area (Å²) in [5, 5.41) is 0. The van der Waals surface area contributed by atoms with Gasteiger partial charge in [0.1, 0.15) is 13.3 Å². The average molecular weight is 400 g/mol. The van der Waals surface area contributed by atoms with Gasteiger partial charge in [0.25, 0.3) is 0 Å². The number of piperazine rings is 1. The first-order chi connectivity index (χ1) is 14.3. The summed E-state index contributed by atoms with van der Waals surface area (Å²) < 4.78 is 23.1. The van der Waals surface area contributed by atoms with Crippen molar-refractivity contribution in [3.63, 3.8) is 0 Å². The van der Waals surface area contributed by atoms with Crippen LogP contribution in [0.15, 0.2) is 48.5 Å². The van der Waals surface area contributed by atoms with Gasteiger partial charge in [-0.1, -0.05) is 36.4 Å². The Kier molecular flexibility index (Phi) is 8.78. The van der Waals surface area contributed by atoms with Gasteiger partial charge in [-0.15, -0.1) is 0 Å². The van der Waals surface area contributed by atoms with Crippen molar-refractivity contribution < 1.29 is 13.9 Å². The molecule has 0 atom stereocenters. The SMILES string of the molecule is COc1cc(CCN2CCN(CCCc3ccccc3)CC2)ccc1OCC[18F]. The van der Waals surface area contributed by atoms with Gasteiger partial charge in [-0.2, -0.15) is 0 Å². The molecule has 5 heteroatoms. The van der Waals surface area contributed by atoms with Crippen LogP contribution >= 0.6 is 0 Å². The lowest BCUT2D eigenvalue weighted by atomic mass is 10.1. The fraction of sp³-hybridized carbons (Fsp3) is 0.500. The Morgan fingerprint density at radius 1 is 0.828 bits per heavy atom. The van der Waals surface area contributed by atoms with Gasteiger partial charge >= 0.3 is 0 Å². The normalized spacial score (nSPS) is 15.4. The Morgan fingerprint density at radius 3 is 2.24 bits per heavy atom. The summed E-state index contributed by atoms with van der Waals surface area (Å²) >= 11 is 0. The number of rotatable bonds is 11. The lowest BCUT2D eigenvalue weighted by Gasteiger charge is -2.34. The van der Waals surface area contributed by atoms with Crippen molar-refractivity contribution in [3.05, 3.63) is 59.7 Å². The zero-order valence-electron chi connectivity index (χ0n) is 17.5. The van der Waals surface area contributed by atoms with Crippen molar-refractivity contribution in [1.82, 2.24) is 9.80 Å². The Labute approximate surface area is 174 Å². The third kappa shape index (κ3) is 7.02. The van der Waals surface area contributed by atoms with Crippen LogP contribution in [0, 0.1) is 0 Å². The maximum Gasteiger partial charge on any atom is 0.161 e. The average Bonchev–Trinajstić information content (AvgIpc) is 2.78. The minimum Gasteiger partial charge on any atom is -0.493 e. The highest BCUT2D eigenvalue weighted by Gasteiger charge is 2.16. The molecule has 1 aliphatic rings. The van der Waals surface area contributed by atoms with E-state index in [1.54, 1.807) is 7.11 Å². The lowest BCUT2D eigenvalue weighted by Crippen LogP contribution is -2.47. The Hall–Kier alpha value is -2.11. The molecule has 29 heavy (non-hydrogen) atoms. The van der Waals surface area contributed by atoms with E-state index in [2.05, 4.69) is 46.2 Å². The van der Waals surface area contributed by atoms with Gasteiger partial charge in [0.05, 0.1) is 7.11 Å².